The van der Waals surface area contributed by atoms with Gasteiger partial charge in [-0.05, 0) is 37.0 Å². The minimum absolute atomic E-state index is 0.100. The first-order valence-electron chi connectivity index (χ1n) is 6.50. The molecule has 0 saturated carbocycles. The summed E-state index contributed by atoms with van der Waals surface area (Å²) in [5, 5.41) is 0. The van der Waals surface area contributed by atoms with Crippen molar-refractivity contribution >= 4 is 0 Å². The van der Waals surface area contributed by atoms with Gasteiger partial charge in [-0.2, -0.15) is 0 Å². The highest BCUT2D eigenvalue weighted by atomic mass is 15.2. The first-order chi connectivity index (χ1) is 8.45. The van der Waals surface area contributed by atoms with Crippen LogP contribution in [0.1, 0.15) is 31.9 Å². The topological polar surface area (TPSA) is 16.1 Å². The van der Waals surface area contributed by atoms with Gasteiger partial charge in [0.2, 0.25) is 0 Å². The molecule has 0 bridgehead atoms. The predicted octanol–water partition coefficient (Wildman–Crippen LogP) is 3.65. The Hall–Kier alpha value is -1.57. The Bertz CT molecular complexity index is 500. The van der Waals surface area contributed by atoms with Gasteiger partial charge in [0.05, 0.1) is 5.54 Å². The second-order valence-electron chi connectivity index (χ2n) is 5.57. The molecule has 0 aliphatic carbocycles. The molecule has 1 atom stereocenters. The van der Waals surface area contributed by atoms with Crippen LogP contribution in [-0.4, -0.2) is 16.9 Å². The summed E-state index contributed by atoms with van der Waals surface area (Å²) in [7, 11) is 2.14. The van der Waals surface area contributed by atoms with Crippen LogP contribution in [0.15, 0.2) is 42.4 Å². The van der Waals surface area contributed by atoms with Crippen LogP contribution in [0.5, 0.6) is 0 Å². The fraction of sp³-hybridized carbons (Fsp3) is 0.438. The number of nitrogens with zero attached hydrogens (tertiary/aromatic N) is 2. The van der Waals surface area contributed by atoms with Crippen molar-refractivity contribution in [1.82, 2.24) is 9.88 Å². The molecule has 2 rings (SSSR count). The average Bonchev–Trinajstić information content (AvgIpc) is 2.33. The normalized spacial score (nSPS) is 23.4. The molecule has 1 aromatic heterocycles. The molecule has 0 aromatic carbocycles. The quantitative estimate of drug-likeness (QED) is 0.787. The third-order valence-corrected chi connectivity index (χ3v) is 3.93. The maximum absolute atomic E-state index is 4.27. The average molecular weight is 242 g/mol. The molecule has 0 radical (unpaired) electrons. The molecule has 2 nitrogen and oxygen atoms in total. The van der Waals surface area contributed by atoms with Crippen molar-refractivity contribution in [3.05, 3.63) is 53.5 Å². The van der Waals surface area contributed by atoms with Crippen molar-refractivity contribution in [2.45, 2.75) is 33.2 Å². The van der Waals surface area contributed by atoms with Gasteiger partial charge in [0.25, 0.3) is 0 Å². The van der Waals surface area contributed by atoms with Gasteiger partial charge in [-0.3, -0.25) is 4.98 Å². The van der Waals surface area contributed by atoms with Gasteiger partial charge in [-0.15, -0.1) is 0 Å². The second-order valence-corrected chi connectivity index (χ2v) is 5.57. The molecule has 0 fully saturated rings. The molecule has 2 heteroatoms. The van der Waals surface area contributed by atoms with Crippen LogP contribution in [-0.2, 0) is 5.54 Å². The first-order valence-corrected chi connectivity index (χ1v) is 6.50. The number of aryl methyl sites for hydroxylation is 1. The van der Waals surface area contributed by atoms with Crippen LogP contribution in [0.2, 0.25) is 0 Å². The molecule has 18 heavy (non-hydrogen) atoms. The number of rotatable bonds is 2. The second kappa shape index (κ2) is 4.60. The summed E-state index contributed by atoms with van der Waals surface area (Å²) in [6, 6.07) is 2.07. The largest absolute Gasteiger partial charge is 0.367 e. The number of pyridine rings is 1. The Labute approximate surface area is 110 Å². The van der Waals surface area contributed by atoms with E-state index >= 15 is 0 Å². The SMILES string of the molecule is Cc1ccncc1C1(C)C=CC(C(C)C)=CN1C. The van der Waals surface area contributed by atoms with E-state index in [0.717, 1.165) is 0 Å². The molecule has 0 saturated heterocycles. The third-order valence-electron chi connectivity index (χ3n) is 3.93. The lowest BCUT2D eigenvalue weighted by Crippen LogP contribution is -2.38. The van der Waals surface area contributed by atoms with E-state index in [1.54, 1.807) is 0 Å². The van der Waals surface area contributed by atoms with Crippen LogP contribution in [0.4, 0.5) is 0 Å². The van der Waals surface area contributed by atoms with Crippen LogP contribution < -0.4 is 0 Å². The molecule has 0 amide bonds. The van der Waals surface area contributed by atoms with Crippen molar-refractivity contribution in [2.75, 3.05) is 7.05 Å². The Morgan fingerprint density at radius 1 is 1.33 bits per heavy atom. The van der Waals surface area contributed by atoms with Gasteiger partial charge in [0.15, 0.2) is 0 Å². The number of aromatic nitrogens is 1. The van der Waals surface area contributed by atoms with Crippen LogP contribution in [0.25, 0.3) is 0 Å². The zero-order valence-electron chi connectivity index (χ0n) is 11.9. The lowest BCUT2D eigenvalue weighted by atomic mass is 9.85. The Morgan fingerprint density at radius 2 is 2.06 bits per heavy atom. The Balaban J connectivity index is 2.41. The molecule has 1 unspecified atom stereocenters. The van der Waals surface area contributed by atoms with Crippen LogP contribution >= 0.6 is 0 Å². The van der Waals surface area contributed by atoms with Gasteiger partial charge in [-0.25, -0.2) is 0 Å². The highest BCUT2D eigenvalue weighted by molar-refractivity contribution is 5.39. The minimum atomic E-state index is -0.100. The number of allylic oxidation sites excluding steroid dienone is 2. The predicted molar refractivity (Wildman–Crippen MR) is 76.2 cm³/mol. The molecule has 1 aromatic rings. The monoisotopic (exact) mass is 242 g/mol. The number of hydrogen-bond acceptors (Lipinski definition) is 2. The van der Waals surface area contributed by atoms with E-state index in [1.807, 2.05) is 12.4 Å². The summed E-state index contributed by atoms with van der Waals surface area (Å²) >= 11 is 0. The number of hydrogen-bond donors (Lipinski definition) is 0. The molecular weight excluding hydrogens is 220 g/mol. The first kappa shape index (κ1) is 12.9. The molecular formula is C16H22N2. The molecule has 1 aliphatic rings. The van der Waals surface area contributed by atoms with E-state index in [0.29, 0.717) is 5.92 Å². The van der Waals surface area contributed by atoms with Gasteiger partial charge in [0.1, 0.15) is 0 Å². The van der Waals surface area contributed by atoms with Crippen LogP contribution in [0.3, 0.4) is 0 Å². The van der Waals surface area contributed by atoms with Gasteiger partial charge < -0.3 is 4.90 Å². The van der Waals surface area contributed by atoms with E-state index in [1.165, 1.54) is 16.7 Å². The number of likely N-dealkylation sites (N-methyl/N-ethyl adjacent to an activating group) is 1. The smallest absolute Gasteiger partial charge is 0.0821 e. The minimum Gasteiger partial charge on any atom is -0.367 e. The molecule has 0 N–H and O–H groups in total. The lowest BCUT2D eigenvalue weighted by Gasteiger charge is -2.40. The maximum Gasteiger partial charge on any atom is 0.0821 e. The molecule has 2 heterocycles. The third kappa shape index (κ3) is 2.07. The lowest BCUT2D eigenvalue weighted by molar-refractivity contribution is 0.255. The highest BCUT2D eigenvalue weighted by Crippen LogP contribution is 2.35. The van der Waals surface area contributed by atoms with E-state index in [9.17, 15) is 0 Å². The van der Waals surface area contributed by atoms with Gasteiger partial charge >= 0.3 is 0 Å². The highest BCUT2D eigenvalue weighted by Gasteiger charge is 2.31. The molecule has 96 valence electrons. The van der Waals surface area contributed by atoms with Gasteiger partial charge in [-0.1, -0.05) is 26.0 Å². The van der Waals surface area contributed by atoms with E-state index in [4.69, 9.17) is 0 Å². The zero-order chi connectivity index (χ0) is 13.3. The summed E-state index contributed by atoms with van der Waals surface area (Å²) < 4.78 is 0. The Morgan fingerprint density at radius 3 is 2.61 bits per heavy atom. The molecule has 1 aliphatic heterocycles. The maximum atomic E-state index is 4.27. The summed E-state index contributed by atoms with van der Waals surface area (Å²) in [4.78, 5) is 6.56. The van der Waals surface area contributed by atoms with E-state index in [2.05, 4.69) is 69.0 Å². The van der Waals surface area contributed by atoms with E-state index in [-0.39, 0.29) is 5.54 Å². The molecule has 0 spiro atoms. The van der Waals surface area contributed by atoms with Crippen molar-refractivity contribution in [1.29, 1.82) is 0 Å². The van der Waals surface area contributed by atoms with Crippen molar-refractivity contribution in [3.63, 3.8) is 0 Å². The fourth-order valence-corrected chi connectivity index (χ4v) is 2.39. The van der Waals surface area contributed by atoms with E-state index < -0.39 is 0 Å². The van der Waals surface area contributed by atoms with Crippen molar-refractivity contribution < 1.29 is 0 Å². The summed E-state index contributed by atoms with van der Waals surface area (Å²) in [6.07, 6.45) is 10.6. The van der Waals surface area contributed by atoms with Gasteiger partial charge in [0, 0.05) is 31.2 Å². The summed E-state index contributed by atoms with van der Waals surface area (Å²) in [5.74, 6) is 0.559. The fourth-order valence-electron chi connectivity index (χ4n) is 2.39. The standard InChI is InChI=1S/C16H22N2/c1-12(2)14-6-8-16(4,18(5)11-14)15-10-17-9-7-13(15)3/h6-12H,1-5H3. The Kier molecular flexibility index (Phi) is 3.29. The van der Waals surface area contributed by atoms with Crippen molar-refractivity contribution in [2.24, 2.45) is 5.92 Å². The zero-order valence-corrected chi connectivity index (χ0v) is 11.9. The summed E-state index contributed by atoms with van der Waals surface area (Å²) in [5.41, 5.74) is 3.82. The van der Waals surface area contributed by atoms with Crippen molar-refractivity contribution in [3.8, 4) is 0 Å². The van der Waals surface area contributed by atoms with Crippen LogP contribution in [0, 0.1) is 12.8 Å². The summed E-state index contributed by atoms with van der Waals surface area (Å²) in [6.45, 7) is 8.83.